The number of aromatic nitrogens is 3. The molecule has 0 saturated heterocycles. The topological polar surface area (TPSA) is 30.7 Å². The molecule has 0 radical (unpaired) electrons. The molecule has 3 aromatic rings. The first kappa shape index (κ1) is 11.7. The smallest absolute Gasteiger partial charge is 0.121 e. The summed E-state index contributed by atoms with van der Waals surface area (Å²) in [4.78, 5) is 1.74. The number of aryl methyl sites for hydroxylation is 1. The van der Waals surface area contributed by atoms with E-state index in [2.05, 4.69) is 34.5 Å². The average molecular weight is 249 g/mol. The highest BCUT2D eigenvalue weighted by molar-refractivity contribution is 5.77. The molecule has 0 saturated carbocycles. The second kappa shape index (κ2) is 5.06. The van der Waals surface area contributed by atoms with E-state index in [1.807, 2.05) is 43.3 Å². The lowest BCUT2D eigenvalue weighted by Crippen LogP contribution is -1.98. The van der Waals surface area contributed by atoms with Crippen LogP contribution < -0.4 is 0 Å². The molecule has 94 valence electrons. The maximum absolute atomic E-state index is 4.58. The van der Waals surface area contributed by atoms with Crippen LogP contribution in [0.4, 0.5) is 0 Å². The van der Waals surface area contributed by atoms with Crippen molar-refractivity contribution >= 4 is 0 Å². The minimum Gasteiger partial charge on any atom is -0.184 e. The highest BCUT2D eigenvalue weighted by Crippen LogP contribution is 2.28. The molecular weight excluding hydrogens is 234 g/mol. The highest BCUT2D eigenvalue weighted by Gasteiger charge is 2.13. The van der Waals surface area contributed by atoms with Gasteiger partial charge < -0.3 is 0 Å². The lowest BCUT2D eigenvalue weighted by atomic mass is 10.1. The first-order valence-electron chi connectivity index (χ1n) is 6.44. The van der Waals surface area contributed by atoms with E-state index >= 15 is 0 Å². The van der Waals surface area contributed by atoms with Gasteiger partial charge in [-0.1, -0.05) is 60.7 Å². The summed E-state index contributed by atoms with van der Waals surface area (Å²) in [5, 5.41) is 9.16. The van der Waals surface area contributed by atoms with E-state index in [9.17, 15) is 0 Å². The quantitative estimate of drug-likeness (QED) is 0.709. The van der Waals surface area contributed by atoms with Crippen molar-refractivity contribution in [1.82, 2.24) is 15.0 Å². The lowest BCUT2D eigenvalue weighted by Gasteiger charge is -2.00. The third-order valence-electron chi connectivity index (χ3n) is 3.03. The first-order chi connectivity index (χ1) is 9.38. The number of nitrogens with zero attached hydrogens (tertiary/aromatic N) is 3. The molecule has 3 rings (SSSR count). The molecule has 0 aliphatic carbocycles. The Morgan fingerprint density at radius 2 is 1.16 bits per heavy atom. The molecule has 3 nitrogen and oxygen atoms in total. The molecule has 0 fully saturated rings. The van der Waals surface area contributed by atoms with E-state index in [1.165, 1.54) is 0 Å². The Bertz CT molecular complexity index is 600. The zero-order valence-corrected chi connectivity index (χ0v) is 10.8. The molecule has 0 unspecified atom stereocenters. The van der Waals surface area contributed by atoms with Crippen LogP contribution in [0.25, 0.3) is 22.5 Å². The van der Waals surface area contributed by atoms with Crippen molar-refractivity contribution in [2.24, 2.45) is 0 Å². The Morgan fingerprint density at radius 3 is 1.53 bits per heavy atom. The van der Waals surface area contributed by atoms with Gasteiger partial charge >= 0.3 is 0 Å². The van der Waals surface area contributed by atoms with Crippen molar-refractivity contribution in [1.29, 1.82) is 0 Å². The molecule has 0 spiro atoms. The molecule has 1 heterocycles. The predicted molar refractivity (Wildman–Crippen MR) is 76.6 cm³/mol. The zero-order chi connectivity index (χ0) is 13.1. The second-order valence-electron chi connectivity index (χ2n) is 4.32. The summed E-state index contributed by atoms with van der Waals surface area (Å²) in [6.07, 6.45) is 0. The molecule has 0 bridgehead atoms. The van der Waals surface area contributed by atoms with Gasteiger partial charge in [-0.25, -0.2) is 0 Å². The summed E-state index contributed by atoms with van der Waals surface area (Å²) >= 11 is 0. The average Bonchev–Trinajstić information content (AvgIpc) is 2.93. The van der Waals surface area contributed by atoms with Crippen LogP contribution in [0.3, 0.4) is 0 Å². The third-order valence-corrected chi connectivity index (χ3v) is 3.03. The summed E-state index contributed by atoms with van der Waals surface area (Å²) in [5.41, 5.74) is 4.07. The third kappa shape index (κ3) is 2.27. The van der Waals surface area contributed by atoms with Gasteiger partial charge in [0.1, 0.15) is 11.4 Å². The summed E-state index contributed by atoms with van der Waals surface area (Å²) in [5.74, 6) is 0. The van der Waals surface area contributed by atoms with Crippen molar-refractivity contribution in [3.05, 3.63) is 60.7 Å². The zero-order valence-electron chi connectivity index (χ0n) is 10.8. The van der Waals surface area contributed by atoms with Crippen LogP contribution in [0.2, 0.25) is 0 Å². The SMILES string of the molecule is CCn1nc(-c2ccccc2)c(-c2ccccc2)n1. The minimum atomic E-state index is 0.771. The number of benzene rings is 2. The molecule has 1 aromatic heterocycles. The van der Waals surface area contributed by atoms with E-state index < -0.39 is 0 Å². The fourth-order valence-corrected chi connectivity index (χ4v) is 2.07. The fraction of sp³-hybridized carbons (Fsp3) is 0.125. The van der Waals surface area contributed by atoms with E-state index in [0.717, 1.165) is 29.1 Å². The highest BCUT2D eigenvalue weighted by atomic mass is 15.5. The maximum atomic E-state index is 4.58. The largest absolute Gasteiger partial charge is 0.184 e. The second-order valence-corrected chi connectivity index (χ2v) is 4.32. The molecule has 3 heteroatoms. The van der Waals surface area contributed by atoms with Crippen LogP contribution in [0.5, 0.6) is 0 Å². The first-order valence-corrected chi connectivity index (χ1v) is 6.44. The van der Waals surface area contributed by atoms with Crippen LogP contribution >= 0.6 is 0 Å². The Kier molecular flexibility index (Phi) is 3.11. The van der Waals surface area contributed by atoms with Crippen LogP contribution in [0, 0.1) is 0 Å². The Hall–Kier alpha value is -2.42. The number of hydrogen-bond donors (Lipinski definition) is 0. The molecule has 0 aliphatic rings. The summed E-state index contributed by atoms with van der Waals surface area (Å²) in [6.45, 7) is 2.82. The van der Waals surface area contributed by atoms with Crippen LogP contribution in [0.1, 0.15) is 6.92 Å². The van der Waals surface area contributed by atoms with Gasteiger partial charge in [0.05, 0.1) is 6.54 Å². The lowest BCUT2D eigenvalue weighted by molar-refractivity contribution is 0.572. The van der Waals surface area contributed by atoms with Gasteiger partial charge in [0.25, 0.3) is 0 Å². The molecule has 0 aliphatic heterocycles. The van der Waals surface area contributed by atoms with Gasteiger partial charge in [-0.3, -0.25) is 0 Å². The maximum Gasteiger partial charge on any atom is 0.121 e. The van der Waals surface area contributed by atoms with Gasteiger partial charge in [0.15, 0.2) is 0 Å². The molecular formula is C16H15N3. The minimum absolute atomic E-state index is 0.771. The van der Waals surface area contributed by atoms with Crippen LogP contribution in [0.15, 0.2) is 60.7 Å². The normalized spacial score (nSPS) is 10.6. The van der Waals surface area contributed by atoms with Crippen molar-refractivity contribution in [2.45, 2.75) is 13.5 Å². The molecule has 19 heavy (non-hydrogen) atoms. The van der Waals surface area contributed by atoms with Gasteiger partial charge in [-0.2, -0.15) is 15.0 Å². The fourth-order valence-electron chi connectivity index (χ4n) is 2.07. The van der Waals surface area contributed by atoms with Gasteiger partial charge in [0.2, 0.25) is 0 Å². The van der Waals surface area contributed by atoms with Crippen LogP contribution in [-0.4, -0.2) is 15.0 Å². The Labute approximate surface area is 112 Å². The number of hydrogen-bond acceptors (Lipinski definition) is 2. The molecule has 0 N–H and O–H groups in total. The van der Waals surface area contributed by atoms with E-state index in [1.54, 1.807) is 4.80 Å². The monoisotopic (exact) mass is 249 g/mol. The van der Waals surface area contributed by atoms with Crippen LogP contribution in [-0.2, 0) is 6.54 Å². The Balaban J connectivity index is 2.17. The Morgan fingerprint density at radius 1 is 0.737 bits per heavy atom. The molecule has 0 amide bonds. The molecule has 2 aromatic carbocycles. The summed E-state index contributed by atoms with van der Waals surface area (Å²) in [7, 11) is 0. The van der Waals surface area contributed by atoms with E-state index in [4.69, 9.17) is 0 Å². The van der Waals surface area contributed by atoms with Crippen molar-refractivity contribution in [3.63, 3.8) is 0 Å². The molecule has 0 atom stereocenters. The van der Waals surface area contributed by atoms with Gasteiger partial charge in [-0.15, -0.1) is 0 Å². The van der Waals surface area contributed by atoms with Crippen molar-refractivity contribution in [3.8, 4) is 22.5 Å². The van der Waals surface area contributed by atoms with E-state index in [-0.39, 0.29) is 0 Å². The van der Waals surface area contributed by atoms with Crippen molar-refractivity contribution < 1.29 is 0 Å². The van der Waals surface area contributed by atoms with Gasteiger partial charge in [0, 0.05) is 11.1 Å². The van der Waals surface area contributed by atoms with Crippen molar-refractivity contribution in [2.75, 3.05) is 0 Å². The predicted octanol–water partition coefficient (Wildman–Crippen LogP) is 3.63. The van der Waals surface area contributed by atoms with Gasteiger partial charge in [-0.05, 0) is 6.92 Å². The summed E-state index contributed by atoms with van der Waals surface area (Å²) in [6, 6.07) is 20.4. The van der Waals surface area contributed by atoms with E-state index in [0.29, 0.717) is 0 Å². The standard InChI is InChI=1S/C16H15N3/c1-2-19-17-15(13-9-5-3-6-10-13)16(18-19)14-11-7-4-8-12-14/h3-12H,2H2,1H3. The summed E-state index contributed by atoms with van der Waals surface area (Å²) < 4.78 is 0. The number of rotatable bonds is 3.